The summed E-state index contributed by atoms with van der Waals surface area (Å²) in [5.74, 6) is 2.56. The lowest BCUT2D eigenvalue weighted by molar-refractivity contribution is 0.339. The van der Waals surface area contributed by atoms with Crippen LogP contribution in [0.15, 0.2) is 46.2 Å². The van der Waals surface area contributed by atoms with Crippen molar-refractivity contribution in [2.75, 3.05) is 12.4 Å². The largest absolute Gasteiger partial charge is 0.492 e. The highest BCUT2D eigenvalue weighted by atomic mass is 32.2. The van der Waals surface area contributed by atoms with Crippen LogP contribution in [0.4, 0.5) is 0 Å². The second-order valence-corrected chi connectivity index (χ2v) is 6.18. The SMILES string of the molecule is Cc1cccc(C)c1OCCSc1nnnn1Cc1ccco1. The van der Waals surface area contributed by atoms with E-state index in [1.165, 1.54) is 0 Å². The summed E-state index contributed by atoms with van der Waals surface area (Å²) in [6.45, 7) is 5.24. The number of nitrogens with zero attached hydrogens (tertiary/aromatic N) is 4. The fourth-order valence-corrected chi connectivity index (χ4v) is 2.95. The molecule has 0 N–H and O–H groups in total. The Labute approximate surface area is 138 Å². The van der Waals surface area contributed by atoms with Gasteiger partial charge in [0.2, 0.25) is 5.16 Å². The maximum atomic E-state index is 5.89. The van der Waals surface area contributed by atoms with Crippen molar-refractivity contribution in [3.63, 3.8) is 0 Å². The summed E-state index contributed by atoms with van der Waals surface area (Å²) < 4.78 is 12.9. The van der Waals surface area contributed by atoms with Crippen molar-refractivity contribution in [1.29, 1.82) is 0 Å². The summed E-state index contributed by atoms with van der Waals surface area (Å²) in [6, 6.07) is 9.90. The average Bonchev–Trinajstić information content (AvgIpc) is 3.19. The molecule has 0 aliphatic heterocycles. The van der Waals surface area contributed by atoms with E-state index < -0.39 is 0 Å². The second kappa shape index (κ2) is 7.32. The topological polar surface area (TPSA) is 66.0 Å². The van der Waals surface area contributed by atoms with Crippen LogP contribution in [0.1, 0.15) is 16.9 Å². The van der Waals surface area contributed by atoms with Crippen LogP contribution in [0.25, 0.3) is 0 Å². The van der Waals surface area contributed by atoms with Gasteiger partial charge in [0, 0.05) is 5.75 Å². The molecule has 2 heterocycles. The predicted octanol–water partition coefficient (Wildman–Crippen LogP) is 3.10. The number of aromatic nitrogens is 4. The van der Waals surface area contributed by atoms with E-state index in [1.807, 2.05) is 18.2 Å². The third-order valence-electron chi connectivity index (χ3n) is 3.35. The highest BCUT2D eigenvalue weighted by Crippen LogP contribution is 2.23. The zero-order valence-corrected chi connectivity index (χ0v) is 13.9. The van der Waals surface area contributed by atoms with Crippen LogP contribution in [0.3, 0.4) is 0 Å². The normalized spacial score (nSPS) is 10.9. The molecule has 0 unspecified atom stereocenters. The van der Waals surface area contributed by atoms with Crippen LogP contribution in [0.2, 0.25) is 0 Å². The first-order valence-electron chi connectivity index (χ1n) is 7.34. The van der Waals surface area contributed by atoms with E-state index >= 15 is 0 Å². The Kier molecular flexibility index (Phi) is 4.97. The Morgan fingerprint density at radius 1 is 1.17 bits per heavy atom. The minimum atomic E-state index is 0.528. The molecule has 6 nitrogen and oxygen atoms in total. The molecule has 0 fully saturated rings. The molecule has 120 valence electrons. The minimum Gasteiger partial charge on any atom is -0.492 e. The molecule has 0 bridgehead atoms. The van der Waals surface area contributed by atoms with E-state index in [-0.39, 0.29) is 0 Å². The second-order valence-electron chi connectivity index (χ2n) is 5.12. The summed E-state index contributed by atoms with van der Waals surface area (Å²) in [7, 11) is 0. The first kappa shape index (κ1) is 15.6. The fraction of sp³-hybridized carbons (Fsp3) is 0.312. The van der Waals surface area contributed by atoms with Gasteiger partial charge in [0.05, 0.1) is 12.9 Å². The van der Waals surface area contributed by atoms with Crippen molar-refractivity contribution in [1.82, 2.24) is 20.2 Å². The summed E-state index contributed by atoms with van der Waals surface area (Å²) in [5, 5.41) is 12.5. The number of thioether (sulfide) groups is 1. The molecule has 3 rings (SSSR count). The van der Waals surface area contributed by atoms with Crippen molar-refractivity contribution in [2.45, 2.75) is 25.5 Å². The van der Waals surface area contributed by atoms with E-state index in [9.17, 15) is 0 Å². The third kappa shape index (κ3) is 3.92. The van der Waals surface area contributed by atoms with E-state index in [0.717, 1.165) is 33.5 Å². The van der Waals surface area contributed by atoms with Gasteiger partial charge in [-0.05, 0) is 47.5 Å². The molecule has 0 amide bonds. The van der Waals surface area contributed by atoms with Gasteiger partial charge in [0.25, 0.3) is 0 Å². The lowest BCUT2D eigenvalue weighted by Crippen LogP contribution is -2.06. The first-order chi connectivity index (χ1) is 11.2. The highest BCUT2D eigenvalue weighted by Gasteiger charge is 2.09. The summed E-state index contributed by atoms with van der Waals surface area (Å²) in [5.41, 5.74) is 2.30. The van der Waals surface area contributed by atoms with E-state index in [0.29, 0.717) is 13.2 Å². The highest BCUT2D eigenvalue weighted by molar-refractivity contribution is 7.99. The Morgan fingerprint density at radius 2 is 2.00 bits per heavy atom. The van der Waals surface area contributed by atoms with E-state index in [2.05, 4.69) is 41.5 Å². The molecule has 7 heteroatoms. The molecule has 1 aromatic carbocycles. The van der Waals surface area contributed by atoms with Crippen molar-refractivity contribution in [2.24, 2.45) is 0 Å². The van der Waals surface area contributed by atoms with Crippen LogP contribution < -0.4 is 4.74 Å². The first-order valence-corrected chi connectivity index (χ1v) is 8.33. The lowest BCUT2D eigenvalue weighted by Gasteiger charge is -2.11. The van der Waals surface area contributed by atoms with Crippen molar-refractivity contribution in [3.05, 3.63) is 53.5 Å². The molecule has 0 spiro atoms. The van der Waals surface area contributed by atoms with Crippen LogP contribution in [-0.4, -0.2) is 32.6 Å². The van der Waals surface area contributed by atoms with Crippen LogP contribution >= 0.6 is 11.8 Å². The number of aryl methyl sites for hydroxylation is 2. The quantitative estimate of drug-likeness (QED) is 0.490. The number of tetrazole rings is 1. The Bertz CT molecular complexity index is 735. The molecule has 23 heavy (non-hydrogen) atoms. The summed E-state index contributed by atoms with van der Waals surface area (Å²) in [6.07, 6.45) is 1.64. The number of hydrogen-bond acceptors (Lipinski definition) is 6. The number of rotatable bonds is 7. The summed E-state index contributed by atoms with van der Waals surface area (Å²) in [4.78, 5) is 0. The Hall–Kier alpha value is -2.28. The number of furan rings is 1. The summed E-state index contributed by atoms with van der Waals surface area (Å²) >= 11 is 1.57. The van der Waals surface area contributed by atoms with E-state index in [1.54, 1.807) is 22.7 Å². The smallest absolute Gasteiger partial charge is 0.209 e. The Morgan fingerprint density at radius 3 is 2.74 bits per heavy atom. The van der Waals surface area contributed by atoms with Gasteiger partial charge in [0.15, 0.2) is 0 Å². The van der Waals surface area contributed by atoms with Gasteiger partial charge in [-0.3, -0.25) is 0 Å². The molecule has 0 aliphatic carbocycles. The number of benzene rings is 1. The molecular weight excluding hydrogens is 312 g/mol. The van der Waals surface area contributed by atoms with Crippen LogP contribution in [0.5, 0.6) is 5.75 Å². The number of ether oxygens (including phenoxy) is 1. The lowest BCUT2D eigenvalue weighted by atomic mass is 10.1. The van der Waals surface area contributed by atoms with Crippen molar-refractivity contribution >= 4 is 11.8 Å². The molecule has 0 saturated carbocycles. The van der Waals surface area contributed by atoms with Gasteiger partial charge in [-0.25, -0.2) is 4.68 Å². The molecule has 0 atom stereocenters. The standard InChI is InChI=1S/C16H18N4O2S/c1-12-5-3-6-13(2)15(12)22-9-10-23-16-17-18-19-20(16)11-14-7-4-8-21-14/h3-8H,9-11H2,1-2H3. The zero-order valence-electron chi connectivity index (χ0n) is 13.1. The molecule has 3 aromatic rings. The van der Waals surface area contributed by atoms with Crippen molar-refractivity contribution < 1.29 is 9.15 Å². The van der Waals surface area contributed by atoms with Gasteiger partial charge >= 0.3 is 0 Å². The monoisotopic (exact) mass is 330 g/mol. The van der Waals surface area contributed by atoms with Gasteiger partial charge in [-0.2, -0.15) is 0 Å². The zero-order chi connectivity index (χ0) is 16.1. The maximum Gasteiger partial charge on any atom is 0.209 e. The van der Waals surface area contributed by atoms with Gasteiger partial charge in [0.1, 0.15) is 18.1 Å². The van der Waals surface area contributed by atoms with Gasteiger partial charge in [-0.15, -0.1) is 5.10 Å². The van der Waals surface area contributed by atoms with E-state index in [4.69, 9.17) is 9.15 Å². The predicted molar refractivity (Wildman–Crippen MR) is 87.8 cm³/mol. The Balaban J connectivity index is 1.52. The minimum absolute atomic E-state index is 0.528. The molecule has 0 saturated heterocycles. The van der Waals surface area contributed by atoms with Gasteiger partial charge < -0.3 is 9.15 Å². The third-order valence-corrected chi connectivity index (χ3v) is 4.28. The molecule has 0 aliphatic rings. The number of para-hydroxylation sites is 1. The average molecular weight is 330 g/mol. The van der Waals surface area contributed by atoms with Crippen LogP contribution in [0, 0.1) is 13.8 Å². The van der Waals surface area contributed by atoms with Gasteiger partial charge in [-0.1, -0.05) is 30.0 Å². The number of hydrogen-bond donors (Lipinski definition) is 0. The molecule has 2 aromatic heterocycles. The fourth-order valence-electron chi connectivity index (χ4n) is 2.25. The van der Waals surface area contributed by atoms with Crippen molar-refractivity contribution in [3.8, 4) is 5.75 Å². The molecule has 0 radical (unpaired) electrons. The maximum absolute atomic E-state index is 5.89. The molecular formula is C16H18N4O2S. The van der Waals surface area contributed by atoms with Crippen LogP contribution in [-0.2, 0) is 6.54 Å².